The maximum Gasteiger partial charge on any atom is 0.220 e. The van der Waals surface area contributed by atoms with Gasteiger partial charge in [0, 0.05) is 18.9 Å². The Hall–Kier alpha value is -1.71. The van der Waals surface area contributed by atoms with Crippen molar-refractivity contribution in [3.05, 3.63) is 23.3 Å². The molecule has 0 aromatic heterocycles. The summed E-state index contributed by atoms with van der Waals surface area (Å²) in [5.41, 5.74) is 2.59. The minimum Gasteiger partial charge on any atom is -0.493 e. The van der Waals surface area contributed by atoms with Gasteiger partial charge >= 0.3 is 0 Å². The van der Waals surface area contributed by atoms with E-state index in [2.05, 4.69) is 24.4 Å². The molecule has 1 aliphatic rings. The minimum absolute atomic E-state index is 0.158. The number of hydrogen-bond donors (Lipinski definition) is 1. The Morgan fingerprint density at radius 2 is 2.00 bits per heavy atom. The molecule has 0 radical (unpaired) electrons. The van der Waals surface area contributed by atoms with Crippen LogP contribution in [0.15, 0.2) is 12.1 Å². The largest absolute Gasteiger partial charge is 0.493 e. The second-order valence-corrected chi connectivity index (χ2v) is 5.55. The summed E-state index contributed by atoms with van der Waals surface area (Å²) in [6.07, 6.45) is 4.74. The number of amides is 1. The van der Waals surface area contributed by atoms with Gasteiger partial charge in [0.1, 0.15) is 0 Å². The van der Waals surface area contributed by atoms with E-state index in [-0.39, 0.29) is 5.91 Å². The molecule has 0 saturated heterocycles. The first-order valence-corrected chi connectivity index (χ1v) is 7.71. The second-order valence-electron chi connectivity index (χ2n) is 5.55. The predicted molar refractivity (Wildman–Crippen MR) is 83.1 cm³/mol. The average molecular weight is 291 g/mol. The fraction of sp³-hybridized carbons (Fsp3) is 0.588. The van der Waals surface area contributed by atoms with Gasteiger partial charge in [0.2, 0.25) is 5.91 Å². The van der Waals surface area contributed by atoms with Gasteiger partial charge in [-0.2, -0.15) is 0 Å². The second kappa shape index (κ2) is 7.34. The van der Waals surface area contributed by atoms with Gasteiger partial charge in [-0.25, -0.2) is 0 Å². The molecule has 1 N–H and O–H groups in total. The molecule has 0 bridgehead atoms. The van der Waals surface area contributed by atoms with Gasteiger partial charge in [-0.1, -0.05) is 13.3 Å². The van der Waals surface area contributed by atoms with Crippen molar-refractivity contribution in [1.29, 1.82) is 0 Å². The standard InChI is InChI=1S/C17H25NO3/c1-4-5-6-17(19)18-11-13-8-7-12-9-15(20-2)16(21-3)10-14(12)13/h9-10,13H,4-8,11H2,1-3H3,(H,18,19). The molecule has 1 aromatic rings. The van der Waals surface area contributed by atoms with E-state index >= 15 is 0 Å². The van der Waals surface area contributed by atoms with Gasteiger partial charge in [0.25, 0.3) is 0 Å². The number of nitrogens with one attached hydrogen (secondary N) is 1. The lowest BCUT2D eigenvalue weighted by Gasteiger charge is -2.15. The van der Waals surface area contributed by atoms with Crippen LogP contribution in [0.4, 0.5) is 0 Å². The number of unbranched alkanes of at least 4 members (excludes halogenated alkanes) is 1. The minimum atomic E-state index is 0.158. The maximum atomic E-state index is 11.7. The van der Waals surface area contributed by atoms with Crippen LogP contribution in [-0.4, -0.2) is 26.7 Å². The molecule has 21 heavy (non-hydrogen) atoms. The molecule has 0 aliphatic heterocycles. The van der Waals surface area contributed by atoms with Crippen LogP contribution in [-0.2, 0) is 11.2 Å². The summed E-state index contributed by atoms with van der Waals surface area (Å²) in [7, 11) is 3.31. The van der Waals surface area contributed by atoms with E-state index in [0.29, 0.717) is 18.9 Å². The lowest BCUT2D eigenvalue weighted by Crippen LogP contribution is -2.27. The molecule has 4 heteroatoms. The lowest BCUT2D eigenvalue weighted by molar-refractivity contribution is -0.121. The fourth-order valence-corrected chi connectivity index (χ4v) is 2.89. The van der Waals surface area contributed by atoms with Gasteiger partial charge in [-0.05, 0) is 42.5 Å². The van der Waals surface area contributed by atoms with Crippen LogP contribution in [0.5, 0.6) is 11.5 Å². The Morgan fingerprint density at radius 1 is 1.29 bits per heavy atom. The Bertz CT molecular complexity index is 499. The predicted octanol–water partition coefficient (Wildman–Crippen LogP) is 3.04. The molecule has 2 rings (SSSR count). The first-order valence-electron chi connectivity index (χ1n) is 7.71. The number of aryl methyl sites for hydroxylation is 1. The third kappa shape index (κ3) is 3.69. The van der Waals surface area contributed by atoms with Crippen molar-refractivity contribution in [2.45, 2.75) is 44.9 Å². The lowest BCUT2D eigenvalue weighted by atomic mass is 10.0. The van der Waals surface area contributed by atoms with Crippen molar-refractivity contribution >= 4 is 5.91 Å². The van der Waals surface area contributed by atoms with E-state index in [1.807, 2.05) is 0 Å². The van der Waals surface area contributed by atoms with Crippen molar-refractivity contribution in [2.24, 2.45) is 0 Å². The molecule has 4 nitrogen and oxygen atoms in total. The molecule has 1 aliphatic carbocycles. The molecule has 0 spiro atoms. The number of ether oxygens (including phenoxy) is 2. The Labute approximate surface area is 126 Å². The van der Waals surface area contributed by atoms with Crippen LogP contribution >= 0.6 is 0 Å². The fourth-order valence-electron chi connectivity index (χ4n) is 2.89. The number of fused-ring (bicyclic) bond motifs is 1. The van der Waals surface area contributed by atoms with Crippen molar-refractivity contribution in [3.63, 3.8) is 0 Å². The molecule has 1 aromatic carbocycles. The van der Waals surface area contributed by atoms with Gasteiger partial charge in [-0.3, -0.25) is 4.79 Å². The van der Waals surface area contributed by atoms with Crippen molar-refractivity contribution in [3.8, 4) is 11.5 Å². The Kier molecular flexibility index (Phi) is 5.48. The zero-order valence-corrected chi connectivity index (χ0v) is 13.2. The van der Waals surface area contributed by atoms with E-state index in [0.717, 1.165) is 37.2 Å². The molecule has 1 atom stereocenters. The quantitative estimate of drug-likeness (QED) is 0.840. The third-order valence-electron chi connectivity index (χ3n) is 4.15. The molecular weight excluding hydrogens is 266 g/mol. The number of rotatable bonds is 7. The average Bonchev–Trinajstić information content (AvgIpc) is 2.91. The van der Waals surface area contributed by atoms with Crippen LogP contribution < -0.4 is 14.8 Å². The zero-order chi connectivity index (χ0) is 15.2. The number of carbonyl (C=O) groups is 1. The summed E-state index contributed by atoms with van der Waals surface area (Å²) in [5.74, 6) is 2.08. The van der Waals surface area contributed by atoms with Gasteiger partial charge in [0.15, 0.2) is 11.5 Å². The first-order chi connectivity index (χ1) is 10.2. The molecule has 0 saturated carbocycles. The number of benzene rings is 1. The van der Waals surface area contributed by atoms with E-state index in [4.69, 9.17) is 9.47 Å². The summed E-state index contributed by atoms with van der Waals surface area (Å²) in [6, 6.07) is 4.12. The topological polar surface area (TPSA) is 47.6 Å². The molecular formula is C17H25NO3. The van der Waals surface area contributed by atoms with Gasteiger partial charge < -0.3 is 14.8 Å². The highest BCUT2D eigenvalue weighted by molar-refractivity contribution is 5.75. The van der Waals surface area contributed by atoms with Crippen LogP contribution in [0.1, 0.15) is 49.7 Å². The van der Waals surface area contributed by atoms with Crippen LogP contribution in [0, 0.1) is 0 Å². The Balaban J connectivity index is 2.02. The highest BCUT2D eigenvalue weighted by Gasteiger charge is 2.25. The van der Waals surface area contributed by atoms with E-state index in [1.54, 1.807) is 14.2 Å². The summed E-state index contributed by atoms with van der Waals surface area (Å²) in [5, 5.41) is 3.06. The molecule has 0 heterocycles. The normalized spacial score (nSPS) is 16.4. The third-order valence-corrected chi connectivity index (χ3v) is 4.15. The van der Waals surface area contributed by atoms with Gasteiger partial charge in [-0.15, -0.1) is 0 Å². The van der Waals surface area contributed by atoms with Crippen LogP contribution in [0.3, 0.4) is 0 Å². The Morgan fingerprint density at radius 3 is 2.67 bits per heavy atom. The molecule has 0 fully saturated rings. The van der Waals surface area contributed by atoms with Crippen LogP contribution in [0.25, 0.3) is 0 Å². The van der Waals surface area contributed by atoms with E-state index in [9.17, 15) is 4.79 Å². The van der Waals surface area contributed by atoms with Crippen molar-refractivity contribution in [2.75, 3.05) is 20.8 Å². The summed E-state index contributed by atoms with van der Waals surface area (Å²) in [4.78, 5) is 11.7. The monoisotopic (exact) mass is 291 g/mol. The smallest absolute Gasteiger partial charge is 0.220 e. The first kappa shape index (κ1) is 15.7. The number of methoxy groups -OCH3 is 2. The molecule has 1 amide bonds. The highest BCUT2D eigenvalue weighted by atomic mass is 16.5. The van der Waals surface area contributed by atoms with Crippen molar-refractivity contribution in [1.82, 2.24) is 5.32 Å². The zero-order valence-electron chi connectivity index (χ0n) is 13.2. The molecule has 116 valence electrons. The van der Waals surface area contributed by atoms with Gasteiger partial charge in [0.05, 0.1) is 14.2 Å². The SMILES string of the molecule is CCCCC(=O)NCC1CCc2cc(OC)c(OC)cc21. The maximum absolute atomic E-state index is 11.7. The molecule has 1 unspecified atom stereocenters. The van der Waals surface area contributed by atoms with E-state index in [1.165, 1.54) is 11.1 Å². The summed E-state index contributed by atoms with van der Waals surface area (Å²) < 4.78 is 10.7. The van der Waals surface area contributed by atoms with E-state index < -0.39 is 0 Å². The number of hydrogen-bond acceptors (Lipinski definition) is 3. The number of carbonyl (C=O) groups excluding carboxylic acids is 1. The highest BCUT2D eigenvalue weighted by Crippen LogP contribution is 2.40. The summed E-state index contributed by atoms with van der Waals surface area (Å²) in [6.45, 7) is 2.81. The van der Waals surface area contributed by atoms with Crippen LogP contribution in [0.2, 0.25) is 0 Å². The summed E-state index contributed by atoms with van der Waals surface area (Å²) >= 11 is 0. The van der Waals surface area contributed by atoms with Crippen molar-refractivity contribution < 1.29 is 14.3 Å².